The van der Waals surface area contributed by atoms with Gasteiger partial charge in [0.05, 0.1) is 6.07 Å². The molecule has 0 heterocycles. The van der Waals surface area contributed by atoms with E-state index in [1.165, 1.54) is 75.0 Å². The molecule has 1 nitrogen and oxygen atoms in total. The maximum atomic E-state index is 8.43. The molecular formula is C24H33N. The molecule has 25 heavy (non-hydrogen) atoms. The SMILES string of the molecule is CCCc1ccc(CCC2CCC(CC/C=C/C=C/C#N)CC2)cc1. The number of aryl methyl sites for hydroxylation is 2. The van der Waals surface area contributed by atoms with Crippen LogP contribution in [0.25, 0.3) is 0 Å². The molecule has 0 spiro atoms. The fourth-order valence-electron chi connectivity index (χ4n) is 3.95. The molecule has 134 valence electrons. The fraction of sp³-hybridized carbons (Fsp3) is 0.542. The monoisotopic (exact) mass is 335 g/mol. The van der Waals surface area contributed by atoms with Crippen LogP contribution in [0.2, 0.25) is 0 Å². The van der Waals surface area contributed by atoms with E-state index in [9.17, 15) is 0 Å². The predicted molar refractivity (Wildman–Crippen MR) is 107 cm³/mol. The van der Waals surface area contributed by atoms with E-state index in [1.54, 1.807) is 0 Å². The Hall–Kier alpha value is -1.81. The number of nitrogens with zero attached hydrogens (tertiary/aromatic N) is 1. The molecule has 0 saturated heterocycles. The van der Waals surface area contributed by atoms with Crippen molar-refractivity contribution in [1.82, 2.24) is 0 Å². The number of nitriles is 1. The molecule has 1 aromatic carbocycles. The maximum absolute atomic E-state index is 8.43. The summed E-state index contributed by atoms with van der Waals surface area (Å²) in [6.45, 7) is 2.24. The van der Waals surface area contributed by atoms with Crippen molar-refractivity contribution in [3.05, 3.63) is 59.7 Å². The lowest BCUT2D eigenvalue weighted by molar-refractivity contribution is 0.254. The Labute approximate surface area is 154 Å². The quantitative estimate of drug-likeness (QED) is 0.360. The number of hydrogen-bond donors (Lipinski definition) is 0. The van der Waals surface area contributed by atoms with Crippen LogP contribution in [0.15, 0.2) is 48.6 Å². The van der Waals surface area contributed by atoms with Crippen LogP contribution < -0.4 is 0 Å². The number of benzene rings is 1. The first-order valence-electron chi connectivity index (χ1n) is 10.1. The van der Waals surface area contributed by atoms with E-state index in [0.29, 0.717) is 0 Å². The van der Waals surface area contributed by atoms with Gasteiger partial charge in [0.1, 0.15) is 0 Å². The smallest absolute Gasteiger partial charge is 0.0912 e. The van der Waals surface area contributed by atoms with E-state index >= 15 is 0 Å². The summed E-state index contributed by atoms with van der Waals surface area (Å²) in [7, 11) is 0. The third-order valence-electron chi connectivity index (χ3n) is 5.53. The highest BCUT2D eigenvalue weighted by Gasteiger charge is 2.20. The Bertz CT molecular complexity index is 565. The van der Waals surface area contributed by atoms with Gasteiger partial charge in [-0.3, -0.25) is 0 Å². The second-order valence-electron chi connectivity index (χ2n) is 7.49. The van der Waals surface area contributed by atoms with Gasteiger partial charge in [-0.05, 0) is 55.1 Å². The van der Waals surface area contributed by atoms with E-state index in [1.807, 2.05) is 18.2 Å². The van der Waals surface area contributed by atoms with Gasteiger partial charge in [0.15, 0.2) is 0 Å². The lowest BCUT2D eigenvalue weighted by Crippen LogP contribution is -2.15. The molecule has 1 heteroatoms. The topological polar surface area (TPSA) is 23.8 Å². The molecule has 1 saturated carbocycles. The first kappa shape index (κ1) is 19.5. The molecule has 0 bridgehead atoms. The van der Waals surface area contributed by atoms with Crippen LogP contribution in [0.5, 0.6) is 0 Å². The Balaban J connectivity index is 1.61. The van der Waals surface area contributed by atoms with E-state index in [2.05, 4.69) is 37.3 Å². The molecule has 0 amide bonds. The summed E-state index contributed by atoms with van der Waals surface area (Å²) in [4.78, 5) is 0. The van der Waals surface area contributed by atoms with Crippen molar-refractivity contribution in [2.75, 3.05) is 0 Å². The predicted octanol–water partition coefficient (Wildman–Crippen LogP) is 6.79. The number of allylic oxidation sites excluding steroid dienone is 4. The molecule has 0 atom stereocenters. The van der Waals surface area contributed by atoms with Crippen LogP contribution in [0.3, 0.4) is 0 Å². The van der Waals surface area contributed by atoms with Gasteiger partial charge in [-0.25, -0.2) is 0 Å². The molecule has 1 fully saturated rings. The standard InChI is InChI=1S/C24H33N/c1-2-8-21-10-14-23(15-11-21)18-19-24-16-12-22(13-17-24)9-6-4-3-5-7-20-25/h3-5,7,10-11,14-15,22,24H,2,6,8-9,12-13,16-19H2,1H3/b4-3+,7-5+. The zero-order valence-electron chi connectivity index (χ0n) is 15.8. The first-order valence-corrected chi connectivity index (χ1v) is 10.1. The van der Waals surface area contributed by atoms with Crippen LogP contribution in [0.4, 0.5) is 0 Å². The molecule has 1 aromatic rings. The van der Waals surface area contributed by atoms with Crippen molar-refractivity contribution in [3.63, 3.8) is 0 Å². The third-order valence-corrected chi connectivity index (χ3v) is 5.53. The van der Waals surface area contributed by atoms with Gasteiger partial charge in [0, 0.05) is 6.08 Å². The van der Waals surface area contributed by atoms with Crippen molar-refractivity contribution >= 4 is 0 Å². The highest BCUT2D eigenvalue weighted by Crippen LogP contribution is 2.34. The van der Waals surface area contributed by atoms with Crippen molar-refractivity contribution in [2.24, 2.45) is 11.8 Å². The molecule has 2 rings (SSSR count). The van der Waals surface area contributed by atoms with E-state index in [4.69, 9.17) is 5.26 Å². The highest BCUT2D eigenvalue weighted by atomic mass is 14.3. The normalized spacial score (nSPS) is 21.0. The van der Waals surface area contributed by atoms with Gasteiger partial charge in [-0.15, -0.1) is 0 Å². The fourth-order valence-corrected chi connectivity index (χ4v) is 3.95. The zero-order valence-corrected chi connectivity index (χ0v) is 15.8. The molecule has 0 unspecified atom stereocenters. The van der Waals surface area contributed by atoms with Gasteiger partial charge in [0.25, 0.3) is 0 Å². The van der Waals surface area contributed by atoms with Crippen molar-refractivity contribution in [2.45, 2.75) is 71.1 Å². The summed E-state index contributed by atoms with van der Waals surface area (Å²) in [5, 5.41) is 8.43. The number of hydrogen-bond acceptors (Lipinski definition) is 1. The summed E-state index contributed by atoms with van der Waals surface area (Å²) >= 11 is 0. The first-order chi connectivity index (χ1) is 12.3. The van der Waals surface area contributed by atoms with Gasteiger partial charge >= 0.3 is 0 Å². The summed E-state index contributed by atoms with van der Waals surface area (Å²) in [6.07, 6.45) is 20.7. The Kier molecular flexibility index (Phi) is 9.13. The minimum absolute atomic E-state index is 0.911. The molecule has 0 aromatic heterocycles. The summed E-state index contributed by atoms with van der Waals surface area (Å²) in [6, 6.07) is 11.3. The summed E-state index contributed by atoms with van der Waals surface area (Å²) < 4.78 is 0. The zero-order chi connectivity index (χ0) is 17.7. The van der Waals surface area contributed by atoms with E-state index < -0.39 is 0 Å². The van der Waals surface area contributed by atoms with Crippen LogP contribution >= 0.6 is 0 Å². The van der Waals surface area contributed by atoms with Gasteiger partial charge < -0.3 is 0 Å². The summed E-state index contributed by atoms with van der Waals surface area (Å²) in [5.41, 5.74) is 2.99. The minimum atomic E-state index is 0.911. The van der Waals surface area contributed by atoms with Crippen molar-refractivity contribution < 1.29 is 0 Å². The number of rotatable bonds is 9. The van der Waals surface area contributed by atoms with Crippen molar-refractivity contribution in [3.8, 4) is 6.07 Å². The van der Waals surface area contributed by atoms with Gasteiger partial charge in [-0.1, -0.05) is 81.5 Å². The minimum Gasteiger partial charge on any atom is -0.193 e. The second-order valence-corrected chi connectivity index (χ2v) is 7.49. The van der Waals surface area contributed by atoms with Crippen LogP contribution in [-0.4, -0.2) is 0 Å². The Morgan fingerprint density at radius 3 is 2.12 bits per heavy atom. The lowest BCUT2D eigenvalue weighted by atomic mass is 9.78. The van der Waals surface area contributed by atoms with Crippen LogP contribution in [0.1, 0.15) is 69.4 Å². The van der Waals surface area contributed by atoms with Gasteiger partial charge in [0.2, 0.25) is 0 Å². The maximum Gasteiger partial charge on any atom is 0.0912 e. The van der Waals surface area contributed by atoms with Crippen LogP contribution in [-0.2, 0) is 12.8 Å². The van der Waals surface area contributed by atoms with E-state index in [-0.39, 0.29) is 0 Å². The molecule has 0 N–H and O–H groups in total. The second kappa shape index (κ2) is 11.7. The average Bonchev–Trinajstić information content (AvgIpc) is 2.65. The Morgan fingerprint density at radius 1 is 0.920 bits per heavy atom. The highest BCUT2D eigenvalue weighted by molar-refractivity contribution is 5.22. The summed E-state index contributed by atoms with van der Waals surface area (Å²) in [5.74, 6) is 1.84. The Morgan fingerprint density at radius 2 is 1.52 bits per heavy atom. The molecule has 1 aliphatic carbocycles. The lowest BCUT2D eigenvalue weighted by Gasteiger charge is -2.28. The van der Waals surface area contributed by atoms with Gasteiger partial charge in [-0.2, -0.15) is 5.26 Å². The largest absolute Gasteiger partial charge is 0.193 e. The average molecular weight is 336 g/mol. The van der Waals surface area contributed by atoms with E-state index in [0.717, 1.165) is 18.3 Å². The molecule has 0 radical (unpaired) electrons. The molecule has 0 aliphatic heterocycles. The third kappa shape index (κ3) is 7.74. The molecular weight excluding hydrogens is 302 g/mol. The van der Waals surface area contributed by atoms with Crippen LogP contribution in [0, 0.1) is 23.2 Å². The molecule has 1 aliphatic rings. The van der Waals surface area contributed by atoms with Crippen molar-refractivity contribution in [1.29, 1.82) is 5.26 Å².